The molecule has 0 aromatic carbocycles. The highest BCUT2D eigenvalue weighted by Gasteiger charge is 2.33. The van der Waals surface area contributed by atoms with E-state index in [0.29, 0.717) is 19.7 Å². The van der Waals surface area contributed by atoms with Crippen LogP contribution in [0.25, 0.3) is 0 Å². The highest BCUT2D eigenvalue weighted by Crippen LogP contribution is 2.16. The standard InChI is InChI=1S/C10H19NO3/c1-5-13-8-6-11(7-8)9(12)14-10(2,3)4/h8H,5-7H2,1-4H3. The van der Waals surface area contributed by atoms with E-state index in [1.165, 1.54) is 0 Å². The first-order chi connectivity index (χ1) is 6.42. The van der Waals surface area contributed by atoms with Gasteiger partial charge in [-0.25, -0.2) is 4.79 Å². The first kappa shape index (κ1) is 11.3. The average molecular weight is 201 g/mol. The molecule has 0 N–H and O–H groups in total. The smallest absolute Gasteiger partial charge is 0.410 e. The first-order valence-electron chi connectivity index (χ1n) is 5.02. The summed E-state index contributed by atoms with van der Waals surface area (Å²) in [5, 5.41) is 0. The summed E-state index contributed by atoms with van der Waals surface area (Å²) < 4.78 is 10.5. The highest BCUT2D eigenvalue weighted by atomic mass is 16.6. The van der Waals surface area contributed by atoms with Gasteiger partial charge in [-0.05, 0) is 27.7 Å². The summed E-state index contributed by atoms with van der Waals surface area (Å²) in [5.74, 6) is 0. The molecule has 1 aliphatic rings. The third kappa shape index (κ3) is 3.18. The van der Waals surface area contributed by atoms with Gasteiger partial charge < -0.3 is 14.4 Å². The molecule has 1 fully saturated rings. The van der Waals surface area contributed by atoms with Crippen LogP contribution in [-0.4, -0.2) is 42.4 Å². The molecule has 0 bridgehead atoms. The number of rotatable bonds is 2. The van der Waals surface area contributed by atoms with Crippen molar-refractivity contribution in [1.29, 1.82) is 0 Å². The van der Waals surface area contributed by atoms with Crippen LogP contribution in [0.3, 0.4) is 0 Å². The van der Waals surface area contributed by atoms with E-state index in [0.717, 1.165) is 0 Å². The number of ether oxygens (including phenoxy) is 2. The van der Waals surface area contributed by atoms with Crippen LogP contribution >= 0.6 is 0 Å². The lowest BCUT2D eigenvalue weighted by molar-refractivity contribution is -0.0596. The molecule has 4 heteroatoms. The molecule has 1 rings (SSSR count). The predicted octanol–water partition coefficient (Wildman–Crippen LogP) is 1.64. The van der Waals surface area contributed by atoms with Crippen molar-refractivity contribution in [2.75, 3.05) is 19.7 Å². The second-order valence-corrected chi connectivity index (χ2v) is 4.46. The third-order valence-corrected chi connectivity index (χ3v) is 1.90. The van der Waals surface area contributed by atoms with Crippen LogP contribution in [0.1, 0.15) is 27.7 Å². The monoisotopic (exact) mass is 201 g/mol. The number of amides is 1. The first-order valence-corrected chi connectivity index (χ1v) is 5.02. The van der Waals surface area contributed by atoms with E-state index in [-0.39, 0.29) is 12.2 Å². The van der Waals surface area contributed by atoms with Crippen molar-refractivity contribution < 1.29 is 14.3 Å². The second-order valence-electron chi connectivity index (χ2n) is 4.46. The Bertz CT molecular complexity index is 204. The van der Waals surface area contributed by atoms with Crippen LogP contribution in [0.4, 0.5) is 4.79 Å². The largest absolute Gasteiger partial charge is 0.444 e. The molecular weight excluding hydrogens is 182 g/mol. The molecule has 0 saturated carbocycles. The van der Waals surface area contributed by atoms with Crippen molar-refractivity contribution in [3.63, 3.8) is 0 Å². The second kappa shape index (κ2) is 4.17. The van der Waals surface area contributed by atoms with Gasteiger partial charge in [-0.3, -0.25) is 0 Å². The summed E-state index contributed by atoms with van der Waals surface area (Å²) in [5.41, 5.74) is -0.409. The number of hydrogen-bond donors (Lipinski definition) is 0. The molecule has 0 aliphatic carbocycles. The summed E-state index contributed by atoms with van der Waals surface area (Å²) in [6.07, 6.45) is -0.0408. The molecule has 0 spiro atoms. The maximum absolute atomic E-state index is 11.4. The Labute approximate surface area is 85.2 Å². The zero-order chi connectivity index (χ0) is 10.8. The van der Waals surface area contributed by atoms with Crippen LogP contribution in [0.5, 0.6) is 0 Å². The summed E-state index contributed by atoms with van der Waals surface area (Å²) >= 11 is 0. The fourth-order valence-corrected chi connectivity index (χ4v) is 1.25. The van der Waals surface area contributed by atoms with Gasteiger partial charge in [0.15, 0.2) is 0 Å². The van der Waals surface area contributed by atoms with Gasteiger partial charge in [-0.2, -0.15) is 0 Å². The van der Waals surface area contributed by atoms with Gasteiger partial charge in [-0.15, -0.1) is 0 Å². The molecule has 0 unspecified atom stereocenters. The molecule has 0 atom stereocenters. The van der Waals surface area contributed by atoms with Crippen molar-refractivity contribution in [2.45, 2.75) is 39.4 Å². The van der Waals surface area contributed by atoms with E-state index >= 15 is 0 Å². The Morgan fingerprint density at radius 3 is 2.43 bits per heavy atom. The molecule has 0 aromatic rings. The molecule has 4 nitrogen and oxygen atoms in total. The van der Waals surface area contributed by atoms with Gasteiger partial charge in [0, 0.05) is 6.61 Å². The van der Waals surface area contributed by atoms with E-state index in [2.05, 4.69) is 0 Å². The van der Waals surface area contributed by atoms with Crippen LogP contribution in [0.2, 0.25) is 0 Å². The topological polar surface area (TPSA) is 38.8 Å². The normalized spacial score (nSPS) is 17.9. The molecule has 0 aromatic heterocycles. The van der Waals surface area contributed by atoms with E-state index in [1.807, 2.05) is 27.7 Å². The zero-order valence-electron chi connectivity index (χ0n) is 9.37. The SMILES string of the molecule is CCOC1CN(C(=O)OC(C)(C)C)C1. The Hall–Kier alpha value is -0.770. The number of carbonyl (C=O) groups excluding carboxylic acids is 1. The van der Waals surface area contributed by atoms with Crippen LogP contribution < -0.4 is 0 Å². The Morgan fingerprint density at radius 2 is 2.00 bits per heavy atom. The molecule has 82 valence electrons. The minimum atomic E-state index is -0.409. The highest BCUT2D eigenvalue weighted by molar-refractivity contribution is 5.69. The maximum Gasteiger partial charge on any atom is 0.410 e. The van der Waals surface area contributed by atoms with E-state index in [1.54, 1.807) is 4.90 Å². The molecular formula is C10H19NO3. The summed E-state index contributed by atoms with van der Waals surface area (Å²) in [6.45, 7) is 9.56. The average Bonchev–Trinajstić information content (AvgIpc) is 1.91. The van der Waals surface area contributed by atoms with Crippen molar-refractivity contribution in [2.24, 2.45) is 0 Å². The summed E-state index contributed by atoms with van der Waals surface area (Å²) in [7, 11) is 0. The van der Waals surface area contributed by atoms with Gasteiger partial charge in [0.1, 0.15) is 5.60 Å². The van der Waals surface area contributed by atoms with Gasteiger partial charge in [-0.1, -0.05) is 0 Å². The van der Waals surface area contributed by atoms with Gasteiger partial charge in [0.05, 0.1) is 19.2 Å². The third-order valence-electron chi connectivity index (χ3n) is 1.90. The Balaban J connectivity index is 2.23. The maximum atomic E-state index is 11.4. The summed E-state index contributed by atoms with van der Waals surface area (Å²) in [4.78, 5) is 13.1. The minimum absolute atomic E-state index is 0.201. The summed E-state index contributed by atoms with van der Waals surface area (Å²) in [6, 6.07) is 0. The lowest BCUT2D eigenvalue weighted by atomic mass is 10.2. The molecule has 1 amide bonds. The van der Waals surface area contributed by atoms with Gasteiger partial charge >= 0.3 is 6.09 Å². The molecule has 1 saturated heterocycles. The van der Waals surface area contributed by atoms with Gasteiger partial charge in [0.25, 0.3) is 0 Å². The lowest BCUT2D eigenvalue weighted by Crippen LogP contribution is -2.55. The van der Waals surface area contributed by atoms with Crippen LogP contribution in [-0.2, 0) is 9.47 Å². The molecule has 0 radical (unpaired) electrons. The van der Waals surface area contributed by atoms with Crippen molar-refractivity contribution in [1.82, 2.24) is 4.90 Å². The zero-order valence-corrected chi connectivity index (χ0v) is 9.37. The number of hydrogen-bond acceptors (Lipinski definition) is 3. The van der Waals surface area contributed by atoms with E-state index < -0.39 is 5.60 Å². The fraction of sp³-hybridized carbons (Fsp3) is 0.900. The van der Waals surface area contributed by atoms with Crippen molar-refractivity contribution in [3.8, 4) is 0 Å². The number of likely N-dealkylation sites (tertiary alicyclic amines) is 1. The molecule has 1 heterocycles. The van der Waals surface area contributed by atoms with Crippen molar-refractivity contribution >= 4 is 6.09 Å². The predicted molar refractivity (Wildman–Crippen MR) is 53.2 cm³/mol. The number of carbonyl (C=O) groups is 1. The van der Waals surface area contributed by atoms with Gasteiger partial charge in [0.2, 0.25) is 0 Å². The van der Waals surface area contributed by atoms with E-state index in [4.69, 9.17) is 9.47 Å². The molecule has 14 heavy (non-hydrogen) atoms. The minimum Gasteiger partial charge on any atom is -0.444 e. The fourth-order valence-electron chi connectivity index (χ4n) is 1.25. The molecule has 1 aliphatic heterocycles. The van der Waals surface area contributed by atoms with Crippen LogP contribution in [0, 0.1) is 0 Å². The Morgan fingerprint density at radius 1 is 1.43 bits per heavy atom. The van der Waals surface area contributed by atoms with Crippen LogP contribution in [0.15, 0.2) is 0 Å². The van der Waals surface area contributed by atoms with Crippen molar-refractivity contribution in [3.05, 3.63) is 0 Å². The Kier molecular flexibility index (Phi) is 3.37. The van der Waals surface area contributed by atoms with E-state index in [9.17, 15) is 4.79 Å². The lowest BCUT2D eigenvalue weighted by Gasteiger charge is -2.39. The number of nitrogens with zero attached hydrogens (tertiary/aromatic N) is 1. The quantitative estimate of drug-likeness (QED) is 0.681.